The molecule has 0 fully saturated rings. The molecule has 0 aliphatic heterocycles. The second-order valence-electron chi connectivity index (χ2n) is 5.63. The number of aryl methyl sites for hydroxylation is 3. The molecule has 0 amide bonds. The Morgan fingerprint density at radius 2 is 1.87 bits per heavy atom. The van der Waals surface area contributed by atoms with Gasteiger partial charge in [-0.3, -0.25) is 0 Å². The lowest BCUT2D eigenvalue weighted by Gasteiger charge is -2.10. The highest BCUT2D eigenvalue weighted by molar-refractivity contribution is 7.89. The van der Waals surface area contributed by atoms with Crippen molar-refractivity contribution in [2.45, 2.75) is 32.2 Å². The van der Waals surface area contributed by atoms with Gasteiger partial charge in [0, 0.05) is 13.5 Å². The molecule has 0 aliphatic carbocycles. The van der Waals surface area contributed by atoms with Crippen molar-refractivity contribution in [3.63, 3.8) is 0 Å². The van der Waals surface area contributed by atoms with Crippen LogP contribution < -0.4 is 4.72 Å². The van der Waals surface area contributed by atoms with Gasteiger partial charge in [0.2, 0.25) is 10.0 Å². The Balaban J connectivity index is 1.84. The van der Waals surface area contributed by atoms with Crippen LogP contribution in [0.2, 0.25) is 0 Å². The van der Waals surface area contributed by atoms with Gasteiger partial charge in [0.05, 0.1) is 4.90 Å². The van der Waals surface area contributed by atoms with E-state index < -0.39 is 10.0 Å². The lowest BCUT2D eigenvalue weighted by molar-refractivity contribution is 0.561. The molecule has 0 radical (unpaired) electrons. The third kappa shape index (κ3) is 3.28. The molecule has 1 aromatic heterocycles. The summed E-state index contributed by atoms with van der Waals surface area (Å²) in [5.41, 5.74) is 3.90. The lowest BCUT2D eigenvalue weighted by Crippen LogP contribution is -2.24. The second kappa shape index (κ2) is 5.79. The van der Waals surface area contributed by atoms with Crippen molar-refractivity contribution < 1.29 is 12.8 Å². The molecular weight excluding hydrogens is 312 g/mol. The first-order chi connectivity index (χ1) is 10.8. The molecule has 0 aliphatic rings. The van der Waals surface area contributed by atoms with Gasteiger partial charge in [-0.15, -0.1) is 0 Å². The van der Waals surface area contributed by atoms with Crippen LogP contribution in [0.15, 0.2) is 45.7 Å². The van der Waals surface area contributed by atoms with Gasteiger partial charge >= 0.3 is 0 Å². The molecule has 0 saturated carbocycles. The van der Waals surface area contributed by atoms with Crippen LogP contribution in [0.4, 0.5) is 0 Å². The number of sulfonamides is 1. The van der Waals surface area contributed by atoms with Crippen molar-refractivity contribution in [2.75, 3.05) is 0 Å². The number of aromatic nitrogens is 1. The first kappa shape index (κ1) is 15.7. The van der Waals surface area contributed by atoms with E-state index in [1.165, 1.54) is 0 Å². The summed E-state index contributed by atoms with van der Waals surface area (Å²) >= 11 is 0. The van der Waals surface area contributed by atoms with Crippen LogP contribution >= 0.6 is 0 Å². The monoisotopic (exact) mass is 330 g/mol. The van der Waals surface area contributed by atoms with Crippen molar-refractivity contribution in [3.05, 3.63) is 59.0 Å². The van der Waals surface area contributed by atoms with Gasteiger partial charge in [0.15, 0.2) is 11.5 Å². The molecule has 0 unspecified atom stereocenters. The van der Waals surface area contributed by atoms with E-state index >= 15 is 0 Å². The predicted octanol–water partition coefficient (Wildman–Crippen LogP) is 3.23. The van der Waals surface area contributed by atoms with E-state index in [0.717, 1.165) is 22.2 Å². The Bertz CT molecular complexity index is 975. The summed E-state index contributed by atoms with van der Waals surface area (Å²) in [5.74, 6) is 0.591. The predicted molar refractivity (Wildman–Crippen MR) is 88.7 cm³/mol. The summed E-state index contributed by atoms with van der Waals surface area (Å²) in [5, 5.41) is 0. The largest absolute Gasteiger partial charge is 0.441 e. The highest BCUT2D eigenvalue weighted by atomic mass is 32.2. The molecule has 3 aromatic rings. The molecule has 120 valence electrons. The third-order valence-corrected chi connectivity index (χ3v) is 5.20. The molecule has 1 heterocycles. The third-order valence-electron chi connectivity index (χ3n) is 3.66. The van der Waals surface area contributed by atoms with Crippen LogP contribution in [0.1, 0.15) is 22.6 Å². The van der Waals surface area contributed by atoms with Gasteiger partial charge < -0.3 is 4.42 Å². The van der Waals surface area contributed by atoms with Crippen molar-refractivity contribution in [1.82, 2.24) is 9.71 Å². The van der Waals surface area contributed by atoms with Crippen LogP contribution in [0, 0.1) is 20.8 Å². The number of hydrogen-bond acceptors (Lipinski definition) is 4. The summed E-state index contributed by atoms with van der Waals surface area (Å²) in [6.07, 6.45) is 0. The average molecular weight is 330 g/mol. The van der Waals surface area contributed by atoms with E-state index in [0.29, 0.717) is 16.4 Å². The van der Waals surface area contributed by atoms with Crippen LogP contribution in [-0.2, 0) is 16.6 Å². The molecule has 0 bridgehead atoms. The second-order valence-corrected chi connectivity index (χ2v) is 7.36. The SMILES string of the molecule is Cc1ccc(C)c(S(=O)(=O)NCc2ccc3oc(C)nc3c2)c1. The van der Waals surface area contributed by atoms with Gasteiger partial charge in [-0.1, -0.05) is 18.2 Å². The van der Waals surface area contributed by atoms with Crippen molar-refractivity contribution in [3.8, 4) is 0 Å². The van der Waals surface area contributed by atoms with E-state index in [-0.39, 0.29) is 6.54 Å². The van der Waals surface area contributed by atoms with Crippen molar-refractivity contribution in [2.24, 2.45) is 0 Å². The summed E-state index contributed by atoms with van der Waals surface area (Å²) in [6, 6.07) is 10.9. The number of nitrogens with one attached hydrogen (secondary N) is 1. The molecule has 6 heteroatoms. The first-order valence-corrected chi connectivity index (χ1v) is 8.76. The molecule has 2 aromatic carbocycles. The van der Waals surface area contributed by atoms with Crippen LogP contribution in [-0.4, -0.2) is 13.4 Å². The van der Waals surface area contributed by atoms with Gasteiger partial charge in [-0.2, -0.15) is 0 Å². The molecule has 23 heavy (non-hydrogen) atoms. The zero-order valence-electron chi connectivity index (χ0n) is 13.3. The van der Waals surface area contributed by atoms with E-state index in [1.807, 2.05) is 31.2 Å². The minimum Gasteiger partial charge on any atom is -0.441 e. The first-order valence-electron chi connectivity index (χ1n) is 7.28. The van der Waals surface area contributed by atoms with Gasteiger partial charge in [0.25, 0.3) is 0 Å². The Morgan fingerprint density at radius 3 is 2.65 bits per heavy atom. The summed E-state index contributed by atoms with van der Waals surface area (Å²) < 4.78 is 33.1. The summed E-state index contributed by atoms with van der Waals surface area (Å²) in [7, 11) is -3.55. The maximum Gasteiger partial charge on any atom is 0.241 e. The fraction of sp³-hybridized carbons (Fsp3) is 0.235. The smallest absolute Gasteiger partial charge is 0.241 e. The highest BCUT2D eigenvalue weighted by Gasteiger charge is 2.16. The molecule has 0 atom stereocenters. The van der Waals surface area contributed by atoms with E-state index in [2.05, 4.69) is 9.71 Å². The average Bonchev–Trinajstić information content (AvgIpc) is 2.87. The Morgan fingerprint density at radius 1 is 1.09 bits per heavy atom. The molecule has 0 saturated heterocycles. The molecule has 0 spiro atoms. The number of nitrogens with zero attached hydrogens (tertiary/aromatic N) is 1. The zero-order valence-corrected chi connectivity index (χ0v) is 14.1. The number of benzene rings is 2. The summed E-state index contributed by atoms with van der Waals surface area (Å²) in [6.45, 7) is 5.65. The summed E-state index contributed by atoms with van der Waals surface area (Å²) in [4.78, 5) is 4.57. The fourth-order valence-corrected chi connectivity index (χ4v) is 3.80. The topological polar surface area (TPSA) is 72.2 Å². The number of rotatable bonds is 4. The Kier molecular flexibility index (Phi) is 3.95. The van der Waals surface area contributed by atoms with E-state index in [1.54, 1.807) is 26.0 Å². The van der Waals surface area contributed by atoms with Crippen molar-refractivity contribution in [1.29, 1.82) is 0 Å². The standard InChI is InChI=1S/C17H18N2O3S/c1-11-4-5-12(2)17(8-11)23(20,21)18-10-14-6-7-16-15(9-14)19-13(3)22-16/h4-9,18H,10H2,1-3H3. The van der Waals surface area contributed by atoms with Crippen LogP contribution in [0.3, 0.4) is 0 Å². The lowest BCUT2D eigenvalue weighted by atomic mass is 10.2. The number of fused-ring (bicyclic) bond motifs is 1. The fourth-order valence-electron chi connectivity index (χ4n) is 2.45. The van der Waals surface area contributed by atoms with Crippen LogP contribution in [0.25, 0.3) is 11.1 Å². The van der Waals surface area contributed by atoms with E-state index in [4.69, 9.17) is 4.42 Å². The minimum atomic E-state index is -3.55. The maximum atomic E-state index is 12.5. The highest BCUT2D eigenvalue weighted by Crippen LogP contribution is 2.19. The number of oxazole rings is 1. The van der Waals surface area contributed by atoms with E-state index in [9.17, 15) is 8.42 Å². The van der Waals surface area contributed by atoms with Gasteiger partial charge in [-0.25, -0.2) is 18.1 Å². The molecular formula is C17H18N2O3S. The van der Waals surface area contributed by atoms with Gasteiger partial charge in [-0.05, 0) is 48.7 Å². The number of hydrogen-bond donors (Lipinski definition) is 1. The molecule has 1 N–H and O–H groups in total. The van der Waals surface area contributed by atoms with Crippen LogP contribution in [0.5, 0.6) is 0 Å². The van der Waals surface area contributed by atoms with Crippen molar-refractivity contribution >= 4 is 21.1 Å². The normalized spacial score (nSPS) is 12.0. The Labute approximate surface area is 135 Å². The zero-order chi connectivity index (χ0) is 16.6. The quantitative estimate of drug-likeness (QED) is 0.797. The minimum absolute atomic E-state index is 0.206. The molecule has 3 rings (SSSR count). The van der Waals surface area contributed by atoms with Gasteiger partial charge in [0.1, 0.15) is 5.52 Å². The Hall–Kier alpha value is -2.18. The maximum absolute atomic E-state index is 12.5. The molecule has 5 nitrogen and oxygen atoms in total.